The zero-order chi connectivity index (χ0) is 22.8. The Morgan fingerprint density at radius 3 is 2.76 bits per heavy atom. The number of rotatable bonds is 5. The number of hydrogen-bond acceptors (Lipinski definition) is 7. The number of piperidine rings is 1. The number of hydrogen-bond donors (Lipinski definition) is 1. The van der Waals surface area contributed by atoms with Crippen LogP contribution >= 0.6 is 0 Å². The summed E-state index contributed by atoms with van der Waals surface area (Å²) in [5.41, 5.74) is 10.7. The van der Waals surface area contributed by atoms with Gasteiger partial charge in [0.15, 0.2) is 5.78 Å². The molecular formula is C26H31N5O2. The van der Waals surface area contributed by atoms with E-state index < -0.39 is 0 Å². The Kier molecular flexibility index (Phi) is 6.24. The molecule has 0 amide bonds. The van der Waals surface area contributed by atoms with Crippen LogP contribution in [0.2, 0.25) is 0 Å². The molecule has 2 aliphatic heterocycles. The summed E-state index contributed by atoms with van der Waals surface area (Å²) >= 11 is 0. The van der Waals surface area contributed by atoms with E-state index in [0.717, 1.165) is 73.7 Å². The molecule has 0 spiro atoms. The molecule has 33 heavy (non-hydrogen) atoms. The van der Waals surface area contributed by atoms with Gasteiger partial charge in [0.05, 0.1) is 18.7 Å². The minimum absolute atomic E-state index is 0.00252. The molecule has 172 valence electrons. The first kappa shape index (κ1) is 21.8. The van der Waals surface area contributed by atoms with E-state index in [4.69, 9.17) is 15.5 Å². The Hall–Kier alpha value is -3.03. The van der Waals surface area contributed by atoms with Crippen LogP contribution in [-0.2, 0) is 11.2 Å². The summed E-state index contributed by atoms with van der Waals surface area (Å²) in [7, 11) is 0. The second kappa shape index (κ2) is 9.45. The predicted octanol–water partition coefficient (Wildman–Crippen LogP) is 3.07. The molecule has 7 nitrogen and oxygen atoms in total. The van der Waals surface area contributed by atoms with E-state index in [2.05, 4.69) is 39.9 Å². The van der Waals surface area contributed by atoms with Gasteiger partial charge in [-0.15, -0.1) is 0 Å². The van der Waals surface area contributed by atoms with Crippen LogP contribution in [0, 0.1) is 5.92 Å². The maximum absolute atomic E-state index is 13.2. The molecule has 0 radical (unpaired) electrons. The van der Waals surface area contributed by atoms with E-state index in [1.165, 1.54) is 0 Å². The molecule has 7 heteroatoms. The molecule has 2 fully saturated rings. The lowest BCUT2D eigenvalue weighted by Gasteiger charge is -2.37. The van der Waals surface area contributed by atoms with E-state index in [9.17, 15) is 4.79 Å². The number of pyridine rings is 2. The first-order chi connectivity index (χ1) is 16.1. The lowest BCUT2D eigenvalue weighted by Crippen LogP contribution is -2.46. The van der Waals surface area contributed by atoms with Crippen molar-refractivity contribution in [2.45, 2.75) is 25.8 Å². The summed E-state index contributed by atoms with van der Waals surface area (Å²) in [5.74, 6) is 0.519. The van der Waals surface area contributed by atoms with Crippen molar-refractivity contribution in [3.05, 3.63) is 60.0 Å². The molecule has 2 saturated heterocycles. The number of ketones is 1. The van der Waals surface area contributed by atoms with Crippen LogP contribution in [-0.4, -0.2) is 61.2 Å². The average molecular weight is 446 g/mol. The number of nitrogens with zero attached hydrogens (tertiary/aromatic N) is 4. The molecule has 1 aromatic carbocycles. The molecule has 2 atom stereocenters. The standard InChI is InChI=1S/C26H31N5O2/c1-18-12-21(27)17-31(16-18)25-6-7-28-15-20(25)13-26(32)23-5-3-19-2-4-22(14-24(19)29-23)30-8-10-33-11-9-30/h2-7,14-15,18,21H,8-13,16-17,27H2,1H3/t18-,21+/m1/s1. The van der Waals surface area contributed by atoms with Crippen molar-refractivity contribution >= 4 is 28.1 Å². The van der Waals surface area contributed by atoms with Crippen LogP contribution in [0.15, 0.2) is 48.8 Å². The van der Waals surface area contributed by atoms with Gasteiger partial charge in [-0.2, -0.15) is 0 Å². The smallest absolute Gasteiger partial charge is 0.185 e. The van der Waals surface area contributed by atoms with Crippen LogP contribution in [0.1, 0.15) is 29.4 Å². The van der Waals surface area contributed by atoms with E-state index in [0.29, 0.717) is 11.6 Å². The number of benzene rings is 1. The molecule has 3 aromatic rings. The quantitative estimate of drug-likeness (QED) is 0.604. The van der Waals surface area contributed by atoms with Crippen molar-refractivity contribution in [1.29, 1.82) is 0 Å². The highest BCUT2D eigenvalue weighted by molar-refractivity contribution is 5.98. The van der Waals surface area contributed by atoms with Gasteiger partial charge in [-0.1, -0.05) is 19.1 Å². The first-order valence-corrected chi connectivity index (χ1v) is 11.8. The topological polar surface area (TPSA) is 84.6 Å². The van der Waals surface area contributed by atoms with Gasteiger partial charge in [-0.3, -0.25) is 9.78 Å². The van der Waals surface area contributed by atoms with Crippen molar-refractivity contribution in [3.63, 3.8) is 0 Å². The molecule has 0 saturated carbocycles. The Morgan fingerprint density at radius 2 is 1.94 bits per heavy atom. The monoisotopic (exact) mass is 445 g/mol. The third kappa shape index (κ3) is 4.84. The fraction of sp³-hybridized carbons (Fsp3) is 0.423. The second-order valence-corrected chi connectivity index (χ2v) is 9.28. The van der Waals surface area contributed by atoms with E-state index >= 15 is 0 Å². The third-order valence-corrected chi connectivity index (χ3v) is 6.60. The summed E-state index contributed by atoms with van der Waals surface area (Å²) in [4.78, 5) is 26.9. The number of nitrogens with two attached hydrogens (primary N) is 1. The first-order valence-electron chi connectivity index (χ1n) is 11.8. The number of aromatic nitrogens is 2. The van der Waals surface area contributed by atoms with Crippen molar-refractivity contribution in [2.24, 2.45) is 11.7 Å². The van der Waals surface area contributed by atoms with Crippen molar-refractivity contribution < 1.29 is 9.53 Å². The summed E-state index contributed by atoms with van der Waals surface area (Å²) in [6, 6.07) is 12.2. The molecule has 2 N–H and O–H groups in total. The molecular weight excluding hydrogens is 414 g/mol. The lowest BCUT2D eigenvalue weighted by molar-refractivity contribution is 0.0988. The number of carbonyl (C=O) groups is 1. The second-order valence-electron chi connectivity index (χ2n) is 9.28. The Balaban J connectivity index is 1.38. The highest BCUT2D eigenvalue weighted by Crippen LogP contribution is 2.27. The van der Waals surface area contributed by atoms with Crippen LogP contribution in [0.4, 0.5) is 11.4 Å². The predicted molar refractivity (Wildman–Crippen MR) is 131 cm³/mol. The number of anilines is 2. The van der Waals surface area contributed by atoms with Gasteiger partial charge in [0, 0.05) is 73.4 Å². The maximum atomic E-state index is 13.2. The van der Waals surface area contributed by atoms with Gasteiger partial charge >= 0.3 is 0 Å². The molecule has 2 aliphatic rings. The fourth-order valence-corrected chi connectivity index (χ4v) is 5.00. The lowest BCUT2D eigenvalue weighted by atomic mass is 9.95. The molecule has 0 bridgehead atoms. The van der Waals surface area contributed by atoms with E-state index in [-0.39, 0.29) is 18.2 Å². The van der Waals surface area contributed by atoms with Gasteiger partial charge in [0.1, 0.15) is 5.69 Å². The number of Topliss-reactive ketones (excluding diaryl/α,β-unsaturated/α-hetero) is 1. The van der Waals surface area contributed by atoms with E-state index in [1.54, 1.807) is 12.4 Å². The van der Waals surface area contributed by atoms with E-state index in [1.807, 2.05) is 18.2 Å². The summed E-state index contributed by atoms with van der Waals surface area (Å²) in [5, 5.41) is 1.03. The normalized spacial score (nSPS) is 21.4. The minimum Gasteiger partial charge on any atom is -0.378 e. The van der Waals surface area contributed by atoms with Gasteiger partial charge in [0.25, 0.3) is 0 Å². The molecule has 2 aromatic heterocycles. The van der Waals surface area contributed by atoms with Gasteiger partial charge in [-0.05, 0) is 36.6 Å². The van der Waals surface area contributed by atoms with Crippen molar-refractivity contribution in [1.82, 2.24) is 9.97 Å². The fourth-order valence-electron chi connectivity index (χ4n) is 5.00. The zero-order valence-electron chi connectivity index (χ0n) is 19.1. The summed E-state index contributed by atoms with van der Waals surface area (Å²) in [6.45, 7) is 7.17. The van der Waals surface area contributed by atoms with Gasteiger partial charge < -0.3 is 20.3 Å². The summed E-state index contributed by atoms with van der Waals surface area (Å²) in [6.07, 6.45) is 4.89. The molecule has 0 unspecified atom stereocenters. The Bertz CT molecular complexity index is 1130. The van der Waals surface area contributed by atoms with Crippen molar-refractivity contribution in [2.75, 3.05) is 49.2 Å². The Labute approximate surface area is 194 Å². The highest BCUT2D eigenvalue weighted by Gasteiger charge is 2.24. The number of fused-ring (bicyclic) bond motifs is 1. The number of morpholine rings is 1. The van der Waals surface area contributed by atoms with Crippen LogP contribution in [0.25, 0.3) is 10.9 Å². The molecule has 5 rings (SSSR count). The van der Waals surface area contributed by atoms with Gasteiger partial charge in [0.2, 0.25) is 0 Å². The Morgan fingerprint density at radius 1 is 1.12 bits per heavy atom. The minimum atomic E-state index is -0.00252. The average Bonchev–Trinajstić information content (AvgIpc) is 2.83. The molecule has 0 aliphatic carbocycles. The number of carbonyl (C=O) groups excluding carboxylic acids is 1. The SMILES string of the molecule is C[C@@H]1C[C@H](N)CN(c2ccncc2CC(=O)c2ccc3ccc(N4CCOCC4)cc3n2)C1. The summed E-state index contributed by atoms with van der Waals surface area (Å²) < 4.78 is 5.46. The highest BCUT2D eigenvalue weighted by atomic mass is 16.5. The number of ether oxygens (including phenoxy) is 1. The van der Waals surface area contributed by atoms with Gasteiger partial charge in [-0.25, -0.2) is 4.98 Å². The third-order valence-electron chi connectivity index (χ3n) is 6.60. The van der Waals surface area contributed by atoms with Crippen LogP contribution in [0.3, 0.4) is 0 Å². The zero-order valence-corrected chi connectivity index (χ0v) is 19.1. The molecule has 4 heterocycles. The largest absolute Gasteiger partial charge is 0.378 e. The van der Waals surface area contributed by atoms with Crippen LogP contribution < -0.4 is 15.5 Å². The maximum Gasteiger partial charge on any atom is 0.185 e. The van der Waals surface area contributed by atoms with Crippen LogP contribution in [0.5, 0.6) is 0 Å². The van der Waals surface area contributed by atoms with Crippen molar-refractivity contribution in [3.8, 4) is 0 Å².